The van der Waals surface area contributed by atoms with Crippen LogP contribution in [-0.4, -0.2) is 28.6 Å². The van der Waals surface area contributed by atoms with Gasteiger partial charge >= 0.3 is 6.09 Å². The number of ether oxygens (including phenoxy) is 1. The number of alkyl carbamates (subject to hydrolysis) is 1. The fraction of sp³-hybridized carbons (Fsp3) is 0.643. The Kier molecular flexibility index (Phi) is 6.14. The van der Waals surface area contributed by atoms with Crippen LogP contribution in [0.5, 0.6) is 0 Å². The van der Waals surface area contributed by atoms with E-state index in [9.17, 15) is 9.59 Å². The Bertz CT molecular complexity index is 468. The largest absolute Gasteiger partial charge is 0.444 e. The van der Waals surface area contributed by atoms with E-state index in [1.54, 1.807) is 31.7 Å². The molecule has 0 radical (unpaired) electrons. The number of nitrogens with one attached hydrogen (secondary N) is 2. The second-order valence-corrected chi connectivity index (χ2v) is 6.53. The van der Waals surface area contributed by atoms with Gasteiger partial charge in [-0.1, -0.05) is 6.92 Å². The molecule has 0 saturated carbocycles. The zero-order chi connectivity index (χ0) is 16.0. The Balaban J connectivity index is 2.79. The van der Waals surface area contributed by atoms with Crippen LogP contribution in [0.25, 0.3) is 0 Å². The highest BCUT2D eigenvalue weighted by Gasteiger charge is 2.27. The Morgan fingerprint density at radius 1 is 1.38 bits per heavy atom. The summed E-state index contributed by atoms with van der Waals surface area (Å²) in [5.74, 6) is -0.291. The second-order valence-electron chi connectivity index (χ2n) is 5.81. The van der Waals surface area contributed by atoms with E-state index < -0.39 is 17.7 Å². The van der Waals surface area contributed by atoms with Crippen LogP contribution in [0.3, 0.4) is 0 Å². The maximum atomic E-state index is 12.3. The van der Waals surface area contributed by atoms with E-state index in [0.717, 1.165) is 6.42 Å². The van der Waals surface area contributed by atoms with Gasteiger partial charge in [0.1, 0.15) is 5.60 Å². The van der Waals surface area contributed by atoms with Gasteiger partial charge in [0.25, 0.3) is 0 Å². The van der Waals surface area contributed by atoms with Crippen molar-refractivity contribution >= 4 is 23.3 Å². The predicted octanol–water partition coefficient (Wildman–Crippen LogP) is 2.62. The molecule has 2 N–H and O–H groups in total. The SMILES string of the molecule is CCC(C)NC(=O)C(NC(=O)OC(C)(C)C)c1cscn1. The lowest BCUT2D eigenvalue weighted by Gasteiger charge is -2.23. The zero-order valence-electron chi connectivity index (χ0n) is 13.1. The van der Waals surface area contributed by atoms with E-state index in [1.165, 1.54) is 11.3 Å². The van der Waals surface area contributed by atoms with Crippen LogP contribution in [-0.2, 0) is 9.53 Å². The van der Waals surface area contributed by atoms with Gasteiger partial charge in [0, 0.05) is 11.4 Å². The van der Waals surface area contributed by atoms with Crippen molar-refractivity contribution in [3.05, 3.63) is 16.6 Å². The van der Waals surface area contributed by atoms with E-state index in [-0.39, 0.29) is 11.9 Å². The molecule has 1 aromatic heterocycles. The monoisotopic (exact) mass is 313 g/mol. The van der Waals surface area contributed by atoms with Gasteiger partial charge in [0.2, 0.25) is 5.91 Å². The molecule has 1 aromatic rings. The Hall–Kier alpha value is -1.63. The third-order valence-electron chi connectivity index (χ3n) is 2.67. The first-order valence-electron chi connectivity index (χ1n) is 6.91. The Morgan fingerprint density at radius 3 is 2.52 bits per heavy atom. The number of thiazole rings is 1. The first kappa shape index (κ1) is 17.4. The number of rotatable bonds is 5. The van der Waals surface area contributed by atoms with Crippen LogP contribution in [0, 0.1) is 0 Å². The van der Waals surface area contributed by atoms with Crippen molar-refractivity contribution in [3.63, 3.8) is 0 Å². The van der Waals surface area contributed by atoms with Crippen LogP contribution < -0.4 is 10.6 Å². The number of hydrogen-bond donors (Lipinski definition) is 2. The van der Waals surface area contributed by atoms with Gasteiger partial charge in [0.15, 0.2) is 6.04 Å². The van der Waals surface area contributed by atoms with Gasteiger partial charge in [-0.2, -0.15) is 0 Å². The lowest BCUT2D eigenvalue weighted by atomic mass is 10.2. The highest BCUT2D eigenvalue weighted by atomic mass is 32.1. The van der Waals surface area contributed by atoms with Crippen LogP contribution in [0.1, 0.15) is 52.8 Å². The minimum Gasteiger partial charge on any atom is -0.444 e. The molecule has 2 amide bonds. The molecule has 7 heteroatoms. The molecule has 6 nitrogen and oxygen atoms in total. The summed E-state index contributed by atoms with van der Waals surface area (Å²) < 4.78 is 5.19. The fourth-order valence-electron chi connectivity index (χ4n) is 1.49. The molecule has 21 heavy (non-hydrogen) atoms. The molecule has 2 unspecified atom stereocenters. The maximum Gasteiger partial charge on any atom is 0.408 e. The Labute approximate surface area is 129 Å². The maximum absolute atomic E-state index is 12.3. The van der Waals surface area contributed by atoms with E-state index in [4.69, 9.17) is 4.74 Å². The molecular weight excluding hydrogens is 290 g/mol. The summed E-state index contributed by atoms with van der Waals surface area (Å²) in [7, 11) is 0. The summed E-state index contributed by atoms with van der Waals surface area (Å²) in [4.78, 5) is 28.3. The lowest BCUT2D eigenvalue weighted by molar-refractivity contribution is -0.124. The van der Waals surface area contributed by atoms with E-state index in [2.05, 4.69) is 15.6 Å². The van der Waals surface area contributed by atoms with Gasteiger partial charge in [-0.05, 0) is 34.1 Å². The summed E-state index contributed by atoms with van der Waals surface area (Å²) in [6.45, 7) is 9.19. The fourth-order valence-corrected chi connectivity index (χ4v) is 2.07. The molecule has 0 fully saturated rings. The lowest BCUT2D eigenvalue weighted by Crippen LogP contribution is -2.45. The van der Waals surface area contributed by atoms with Crippen molar-refractivity contribution < 1.29 is 14.3 Å². The van der Waals surface area contributed by atoms with Crippen LogP contribution in [0.15, 0.2) is 10.9 Å². The number of amides is 2. The van der Waals surface area contributed by atoms with Crippen LogP contribution in [0.2, 0.25) is 0 Å². The minimum absolute atomic E-state index is 0.0269. The number of hydrogen-bond acceptors (Lipinski definition) is 5. The smallest absolute Gasteiger partial charge is 0.408 e. The van der Waals surface area contributed by atoms with Crippen LogP contribution >= 0.6 is 11.3 Å². The van der Waals surface area contributed by atoms with Gasteiger partial charge < -0.3 is 15.4 Å². The molecule has 0 aliphatic rings. The summed E-state index contributed by atoms with van der Waals surface area (Å²) >= 11 is 1.37. The quantitative estimate of drug-likeness (QED) is 0.875. The third kappa shape index (κ3) is 6.12. The number of nitrogens with zero attached hydrogens (tertiary/aromatic N) is 1. The van der Waals surface area contributed by atoms with E-state index >= 15 is 0 Å². The molecule has 1 rings (SSSR count). The van der Waals surface area contributed by atoms with Crippen molar-refractivity contribution in [2.45, 2.75) is 58.7 Å². The first-order chi connectivity index (χ1) is 9.73. The predicted molar refractivity (Wildman–Crippen MR) is 82.1 cm³/mol. The topological polar surface area (TPSA) is 80.3 Å². The number of carbonyl (C=O) groups excluding carboxylic acids is 2. The molecule has 0 aliphatic heterocycles. The van der Waals surface area contributed by atoms with Gasteiger partial charge in [0.05, 0.1) is 11.2 Å². The molecule has 0 aliphatic carbocycles. The molecule has 2 atom stereocenters. The van der Waals surface area contributed by atoms with Gasteiger partial charge in [-0.3, -0.25) is 4.79 Å². The molecule has 0 saturated heterocycles. The average Bonchev–Trinajstić information content (AvgIpc) is 2.86. The third-order valence-corrected chi connectivity index (χ3v) is 3.28. The molecule has 0 aromatic carbocycles. The van der Waals surface area contributed by atoms with Crippen molar-refractivity contribution in [2.75, 3.05) is 0 Å². The summed E-state index contributed by atoms with van der Waals surface area (Å²) in [5.41, 5.74) is 1.51. The molecule has 118 valence electrons. The standard InChI is InChI=1S/C14H23N3O3S/c1-6-9(2)16-12(18)11(10-7-21-8-15-10)17-13(19)20-14(3,4)5/h7-9,11H,6H2,1-5H3,(H,16,18)(H,17,19). The normalized spacial score (nSPS) is 14.1. The van der Waals surface area contributed by atoms with E-state index in [0.29, 0.717) is 5.69 Å². The van der Waals surface area contributed by atoms with Crippen LogP contribution in [0.4, 0.5) is 4.79 Å². The summed E-state index contributed by atoms with van der Waals surface area (Å²) in [5, 5.41) is 7.15. The number of aromatic nitrogens is 1. The van der Waals surface area contributed by atoms with Crippen molar-refractivity contribution in [1.29, 1.82) is 0 Å². The van der Waals surface area contributed by atoms with Crippen molar-refractivity contribution in [3.8, 4) is 0 Å². The van der Waals surface area contributed by atoms with Crippen molar-refractivity contribution in [1.82, 2.24) is 15.6 Å². The second kappa shape index (κ2) is 7.40. The highest BCUT2D eigenvalue weighted by molar-refractivity contribution is 7.07. The average molecular weight is 313 g/mol. The van der Waals surface area contributed by atoms with E-state index in [1.807, 2.05) is 13.8 Å². The molecule has 1 heterocycles. The van der Waals surface area contributed by atoms with Gasteiger partial charge in [-0.15, -0.1) is 11.3 Å². The summed E-state index contributed by atoms with van der Waals surface area (Å²) in [6, 6.07) is -0.820. The summed E-state index contributed by atoms with van der Waals surface area (Å²) in [6.07, 6.45) is 0.168. The Morgan fingerprint density at radius 2 is 2.05 bits per heavy atom. The minimum atomic E-state index is -0.847. The van der Waals surface area contributed by atoms with Crippen molar-refractivity contribution in [2.24, 2.45) is 0 Å². The zero-order valence-corrected chi connectivity index (χ0v) is 13.9. The number of carbonyl (C=O) groups is 2. The first-order valence-corrected chi connectivity index (χ1v) is 7.85. The highest BCUT2D eigenvalue weighted by Crippen LogP contribution is 2.15. The molecular formula is C14H23N3O3S. The van der Waals surface area contributed by atoms with Gasteiger partial charge in [-0.25, -0.2) is 9.78 Å². The molecule has 0 spiro atoms. The molecule has 0 bridgehead atoms.